The van der Waals surface area contributed by atoms with Gasteiger partial charge in [-0.2, -0.15) is 0 Å². The molecule has 1 saturated carbocycles. The maximum atomic E-state index is 13.2. The molecule has 1 aliphatic carbocycles. The zero-order chi connectivity index (χ0) is 17.2. The van der Waals surface area contributed by atoms with E-state index in [4.69, 9.17) is 0 Å². The summed E-state index contributed by atoms with van der Waals surface area (Å²) in [6.45, 7) is 4.93. The van der Waals surface area contributed by atoms with Crippen molar-refractivity contribution in [1.29, 1.82) is 0 Å². The summed E-state index contributed by atoms with van der Waals surface area (Å²) in [5.74, 6) is 1.12. The number of nitrogens with one attached hydrogen (secondary N) is 1. The van der Waals surface area contributed by atoms with Gasteiger partial charge in [-0.15, -0.1) is 0 Å². The minimum absolute atomic E-state index is 0.0891. The number of nitrogens with zero attached hydrogens (tertiary/aromatic N) is 2. The average Bonchev–Trinajstić information content (AvgIpc) is 3.12. The molecule has 3 aliphatic rings. The predicted molar refractivity (Wildman–Crippen MR) is 94.6 cm³/mol. The molecule has 1 N–H and O–H groups in total. The summed E-state index contributed by atoms with van der Waals surface area (Å²) in [5.41, 5.74) is -0.451. The van der Waals surface area contributed by atoms with Crippen molar-refractivity contribution < 1.29 is 9.59 Å². The smallest absolute Gasteiger partial charge is 0.240 e. The van der Waals surface area contributed by atoms with Gasteiger partial charge in [0, 0.05) is 26.7 Å². The molecule has 1 atom stereocenters. The Balaban J connectivity index is 1.78. The van der Waals surface area contributed by atoms with E-state index in [1.807, 2.05) is 0 Å². The monoisotopic (exact) mass is 335 g/mol. The van der Waals surface area contributed by atoms with Crippen LogP contribution in [0.4, 0.5) is 0 Å². The van der Waals surface area contributed by atoms with E-state index < -0.39 is 5.54 Å². The lowest BCUT2D eigenvalue weighted by Crippen LogP contribution is -2.63. The average molecular weight is 335 g/mol. The van der Waals surface area contributed by atoms with Gasteiger partial charge in [0.25, 0.3) is 0 Å². The largest absolute Gasteiger partial charge is 0.358 e. The number of carbonyl (C=O) groups excluding carboxylic acids is 2. The van der Waals surface area contributed by atoms with Crippen molar-refractivity contribution in [3.63, 3.8) is 0 Å². The molecule has 2 heterocycles. The minimum Gasteiger partial charge on any atom is -0.358 e. The minimum atomic E-state index is -0.451. The molecule has 5 nitrogen and oxygen atoms in total. The lowest BCUT2D eigenvalue weighted by molar-refractivity contribution is -0.146. The third kappa shape index (κ3) is 3.19. The molecule has 0 aromatic heterocycles. The van der Waals surface area contributed by atoms with Crippen LogP contribution in [0, 0.1) is 5.92 Å². The molecule has 0 spiro atoms. The normalized spacial score (nSPS) is 28.8. The molecule has 24 heavy (non-hydrogen) atoms. The van der Waals surface area contributed by atoms with Crippen molar-refractivity contribution in [2.45, 2.75) is 76.3 Å². The SMILES string of the molecule is CNC(=O)C1(N2CCC[C@H]2C(=O)N2CCC(C)CC2)CCCCC1. The Morgan fingerprint density at radius 1 is 0.958 bits per heavy atom. The lowest BCUT2D eigenvalue weighted by Gasteiger charge is -2.46. The fraction of sp³-hybridized carbons (Fsp3) is 0.895. The van der Waals surface area contributed by atoms with Gasteiger partial charge in [0.2, 0.25) is 11.8 Å². The van der Waals surface area contributed by atoms with Gasteiger partial charge in [0.15, 0.2) is 0 Å². The molecule has 5 heteroatoms. The van der Waals surface area contributed by atoms with Crippen LogP contribution in [0.1, 0.15) is 64.7 Å². The van der Waals surface area contributed by atoms with E-state index >= 15 is 0 Å². The van der Waals surface area contributed by atoms with Crippen molar-refractivity contribution in [2.75, 3.05) is 26.7 Å². The van der Waals surface area contributed by atoms with Crippen LogP contribution in [0.3, 0.4) is 0 Å². The molecule has 2 aliphatic heterocycles. The Kier molecular flexibility index (Phi) is 5.48. The third-order valence-corrected chi connectivity index (χ3v) is 6.51. The Bertz CT molecular complexity index is 465. The second-order valence-corrected chi connectivity index (χ2v) is 8.03. The van der Waals surface area contributed by atoms with Crippen molar-refractivity contribution in [3.8, 4) is 0 Å². The molecule has 0 unspecified atom stereocenters. The summed E-state index contributed by atoms with van der Waals surface area (Å²) in [7, 11) is 1.73. The van der Waals surface area contributed by atoms with Crippen LogP contribution in [0.5, 0.6) is 0 Å². The van der Waals surface area contributed by atoms with E-state index in [1.165, 1.54) is 6.42 Å². The number of piperidine rings is 1. The molecule has 3 fully saturated rings. The first-order valence-corrected chi connectivity index (χ1v) is 9.86. The van der Waals surface area contributed by atoms with Gasteiger partial charge in [-0.05, 0) is 44.4 Å². The molecule has 3 rings (SSSR count). The van der Waals surface area contributed by atoms with E-state index in [2.05, 4.69) is 22.0 Å². The highest BCUT2D eigenvalue weighted by atomic mass is 16.2. The fourth-order valence-corrected chi connectivity index (χ4v) is 4.99. The van der Waals surface area contributed by atoms with Gasteiger partial charge in [0.1, 0.15) is 5.54 Å². The highest BCUT2D eigenvalue weighted by Gasteiger charge is 2.50. The van der Waals surface area contributed by atoms with Crippen LogP contribution < -0.4 is 5.32 Å². The van der Waals surface area contributed by atoms with Crippen LogP contribution in [0.25, 0.3) is 0 Å². The standard InChI is InChI=1S/C19H33N3O2/c1-15-8-13-21(14-9-15)17(23)16-7-6-12-22(16)19(18(24)20-2)10-4-3-5-11-19/h15-16H,3-14H2,1-2H3,(H,20,24)/t16-/m0/s1. The zero-order valence-corrected chi connectivity index (χ0v) is 15.4. The number of amides is 2. The molecule has 0 aromatic rings. The molecule has 0 bridgehead atoms. The lowest BCUT2D eigenvalue weighted by atomic mass is 9.79. The summed E-state index contributed by atoms with van der Waals surface area (Å²) in [4.78, 5) is 30.3. The summed E-state index contributed by atoms with van der Waals surface area (Å²) in [5, 5.41) is 2.89. The van der Waals surface area contributed by atoms with E-state index in [9.17, 15) is 9.59 Å². The number of rotatable bonds is 3. The van der Waals surface area contributed by atoms with Crippen LogP contribution in [0.15, 0.2) is 0 Å². The summed E-state index contributed by atoms with van der Waals surface area (Å²) >= 11 is 0. The topological polar surface area (TPSA) is 52.7 Å². The number of likely N-dealkylation sites (tertiary alicyclic amines) is 2. The number of hydrogen-bond donors (Lipinski definition) is 1. The van der Waals surface area contributed by atoms with Crippen molar-refractivity contribution >= 4 is 11.8 Å². The number of hydrogen-bond acceptors (Lipinski definition) is 3. The first-order chi connectivity index (χ1) is 11.6. The summed E-state index contributed by atoms with van der Waals surface area (Å²) < 4.78 is 0. The van der Waals surface area contributed by atoms with Crippen LogP contribution in [-0.4, -0.2) is 59.9 Å². The van der Waals surface area contributed by atoms with Crippen LogP contribution in [-0.2, 0) is 9.59 Å². The van der Waals surface area contributed by atoms with Crippen LogP contribution >= 0.6 is 0 Å². The van der Waals surface area contributed by atoms with Crippen LogP contribution in [0.2, 0.25) is 0 Å². The van der Waals surface area contributed by atoms with Crippen molar-refractivity contribution in [3.05, 3.63) is 0 Å². The Morgan fingerprint density at radius 3 is 2.25 bits per heavy atom. The fourth-order valence-electron chi connectivity index (χ4n) is 4.99. The van der Waals surface area contributed by atoms with Gasteiger partial charge >= 0.3 is 0 Å². The van der Waals surface area contributed by atoms with Gasteiger partial charge in [-0.25, -0.2) is 0 Å². The molecule has 2 amide bonds. The number of carbonyl (C=O) groups is 2. The maximum Gasteiger partial charge on any atom is 0.240 e. The van der Waals surface area contributed by atoms with E-state index in [0.29, 0.717) is 0 Å². The van der Waals surface area contributed by atoms with Crippen molar-refractivity contribution in [2.24, 2.45) is 5.92 Å². The molecule has 0 aromatic carbocycles. The van der Waals surface area contributed by atoms with Gasteiger partial charge in [0.05, 0.1) is 6.04 Å². The zero-order valence-electron chi connectivity index (χ0n) is 15.4. The van der Waals surface area contributed by atoms with E-state index in [-0.39, 0.29) is 17.9 Å². The molecular formula is C19H33N3O2. The summed E-state index contributed by atoms with van der Waals surface area (Å²) in [6.07, 6.45) is 9.33. The van der Waals surface area contributed by atoms with E-state index in [0.717, 1.165) is 76.9 Å². The Labute approximate surface area is 146 Å². The first kappa shape index (κ1) is 17.7. The first-order valence-electron chi connectivity index (χ1n) is 9.86. The molecular weight excluding hydrogens is 302 g/mol. The Hall–Kier alpha value is -1.10. The van der Waals surface area contributed by atoms with E-state index in [1.54, 1.807) is 7.05 Å². The molecule has 136 valence electrons. The second kappa shape index (κ2) is 7.42. The van der Waals surface area contributed by atoms with Gasteiger partial charge in [-0.3, -0.25) is 14.5 Å². The quantitative estimate of drug-likeness (QED) is 0.860. The molecule has 0 radical (unpaired) electrons. The van der Waals surface area contributed by atoms with Gasteiger partial charge < -0.3 is 10.2 Å². The maximum absolute atomic E-state index is 13.2. The second-order valence-electron chi connectivity index (χ2n) is 8.03. The molecule has 2 saturated heterocycles. The highest BCUT2D eigenvalue weighted by molar-refractivity contribution is 5.88. The third-order valence-electron chi connectivity index (χ3n) is 6.51. The van der Waals surface area contributed by atoms with Gasteiger partial charge in [-0.1, -0.05) is 26.2 Å². The summed E-state index contributed by atoms with van der Waals surface area (Å²) in [6, 6.07) is -0.0891. The highest BCUT2D eigenvalue weighted by Crippen LogP contribution is 2.39. The Morgan fingerprint density at radius 2 is 1.62 bits per heavy atom. The van der Waals surface area contributed by atoms with Crippen molar-refractivity contribution in [1.82, 2.24) is 15.1 Å². The number of likely N-dealkylation sites (N-methyl/N-ethyl adjacent to an activating group) is 1. The predicted octanol–water partition coefficient (Wildman–Crippen LogP) is 2.16.